The molecule has 0 unspecified atom stereocenters. The lowest BCUT2D eigenvalue weighted by molar-refractivity contribution is 0.589. The topological polar surface area (TPSA) is 37.0 Å². The van der Waals surface area contributed by atoms with Crippen molar-refractivity contribution in [3.63, 3.8) is 0 Å². The van der Waals surface area contributed by atoms with Crippen molar-refractivity contribution in [3.05, 3.63) is 48.2 Å². The molecule has 100 valence electrons. The first-order valence-corrected chi connectivity index (χ1v) is 6.66. The molecule has 0 aliphatic heterocycles. The maximum absolute atomic E-state index is 4.48. The third-order valence-corrected chi connectivity index (χ3v) is 3.04. The minimum Gasteiger partial charge on any atom is -0.388 e. The van der Waals surface area contributed by atoms with Crippen molar-refractivity contribution in [1.29, 1.82) is 0 Å². The Bertz CT molecular complexity index is 535. The van der Waals surface area contributed by atoms with Crippen molar-refractivity contribution >= 4 is 5.69 Å². The van der Waals surface area contributed by atoms with Crippen LogP contribution in [0.25, 0.3) is 11.3 Å². The second kappa shape index (κ2) is 6.34. The van der Waals surface area contributed by atoms with Gasteiger partial charge in [-0.05, 0) is 17.7 Å². The van der Waals surface area contributed by atoms with E-state index >= 15 is 0 Å². The number of rotatable bonds is 5. The van der Waals surface area contributed by atoms with Crippen molar-refractivity contribution < 1.29 is 0 Å². The van der Waals surface area contributed by atoms with E-state index in [1.807, 2.05) is 19.3 Å². The number of benzene rings is 1. The van der Waals surface area contributed by atoms with Gasteiger partial charge in [-0.2, -0.15) is 0 Å². The van der Waals surface area contributed by atoms with Crippen LogP contribution < -0.4 is 10.6 Å². The van der Waals surface area contributed by atoms with Gasteiger partial charge in [0, 0.05) is 37.1 Å². The Labute approximate surface area is 115 Å². The quantitative estimate of drug-likeness (QED) is 0.861. The molecule has 0 atom stereocenters. The maximum Gasteiger partial charge on any atom is 0.0725 e. The molecule has 2 rings (SSSR count). The van der Waals surface area contributed by atoms with Gasteiger partial charge in [0.05, 0.1) is 5.69 Å². The fourth-order valence-electron chi connectivity index (χ4n) is 1.97. The van der Waals surface area contributed by atoms with Gasteiger partial charge in [0.2, 0.25) is 0 Å². The Morgan fingerprint density at radius 1 is 1.16 bits per heavy atom. The number of hydrogen-bond acceptors (Lipinski definition) is 3. The van der Waals surface area contributed by atoms with Gasteiger partial charge in [-0.1, -0.05) is 38.1 Å². The Morgan fingerprint density at radius 2 is 1.95 bits per heavy atom. The molecule has 0 aliphatic rings. The van der Waals surface area contributed by atoms with E-state index in [9.17, 15) is 0 Å². The largest absolute Gasteiger partial charge is 0.388 e. The molecule has 1 aromatic carbocycles. The molecule has 1 aromatic heterocycles. The molecule has 3 heteroatoms. The molecule has 2 aromatic rings. The van der Waals surface area contributed by atoms with E-state index in [1.165, 1.54) is 11.1 Å². The van der Waals surface area contributed by atoms with Crippen LogP contribution in [0.3, 0.4) is 0 Å². The summed E-state index contributed by atoms with van der Waals surface area (Å²) in [5.41, 5.74) is 4.55. The van der Waals surface area contributed by atoms with Crippen LogP contribution in [0.4, 0.5) is 5.69 Å². The average Bonchev–Trinajstić information content (AvgIpc) is 2.45. The summed E-state index contributed by atoms with van der Waals surface area (Å²) in [6.07, 6.45) is 1.84. The highest BCUT2D eigenvalue weighted by Crippen LogP contribution is 2.23. The molecule has 0 amide bonds. The summed E-state index contributed by atoms with van der Waals surface area (Å²) in [5.74, 6) is 0. The SMILES string of the molecule is CNc1ccnc(-c2ccccc2CNC(C)C)c1. The van der Waals surface area contributed by atoms with Gasteiger partial charge in [-0.15, -0.1) is 0 Å². The summed E-state index contributed by atoms with van der Waals surface area (Å²) in [6.45, 7) is 5.17. The lowest BCUT2D eigenvalue weighted by Gasteiger charge is -2.13. The molecule has 0 saturated heterocycles. The summed E-state index contributed by atoms with van der Waals surface area (Å²) in [5, 5.41) is 6.61. The molecule has 0 fully saturated rings. The Morgan fingerprint density at radius 3 is 2.68 bits per heavy atom. The van der Waals surface area contributed by atoms with Crippen molar-refractivity contribution in [1.82, 2.24) is 10.3 Å². The van der Waals surface area contributed by atoms with Gasteiger partial charge in [-0.3, -0.25) is 4.98 Å². The third-order valence-electron chi connectivity index (χ3n) is 3.04. The summed E-state index contributed by atoms with van der Waals surface area (Å²) in [4.78, 5) is 4.48. The van der Waals surface area contributed by atoms with Crippen LogP contribution in [0.15, 0.2) is 42.6 Å². The molecule has 0 spiro atoms. The van der Waals surface area contributed by atoms with E-state index in [-0.39, 0.29) is 0 Å². The lowest BCUT2D eigenvalue weighted by Crippen LogP contribution is -2.22. The fourth-order valence-corrected chi connectivity index (χ4v) is 1.97. The molecular weight excluding hydrogens is 234 g/mol. The Balaban J connectivity index is 2.32. The average molecular weight is 255 g/mol. The second-order valence-electron chi connectivity index (χ2n) is 4.87. The van der Waals surface area contributed by atoms with Crippen molar-refractivity contribution in [2.24, 2.45) is 0 Å². The maximum atomic E-state index is 4.48. The molecule has 0 radical (unpaired) electrons. The number of pyridine rings is 1. The van der Waals surface area contributed by atoms with Crippen LogP contribution >= 0.6 is 0 Å². The summed E-state index contributed by atoms with van der Waals surface area (Å²) in [6, 6.07) is 12.9. The van der Waals surface area contributed by atoms with E-state index in [0.29, 0.717) is 6.04 Å². The Kier molecular flexibility index (Phi) is 4.53. The minimum atomic E-state index is 0.477. The molecule has 0 bridgehead atoms. The Hall–Kier alpha value is -1.87. The van der Waals surface area contributed by atoms with Crippen LogP contribution in [0.2, 0.25) is 0 Å². The first kappa shape index (κ1) is 13.6. The number of hydrogen-bond donors (Lipinski definition) is 2. The third kappa shape index (κ3) is 3.55. The van der Waals surface area contributed by atoms with E-state index in [4.69, 9.17) is 0 Å². The highest BCUT2D eigenvalue weighted by molar-refractivity contribution is 5.67. The smallest absolute Gasteiger partial charge is 0.0725 e. The zero-order valence-electron chi connectivity index (χ0n) is 11.8. The highest BCUT2D eigenvalue weighted by atomic mass is 14.9. The fraction of sp³-hybridized carbons (Fsp3) is 0.312. The second-order valence-corrected chi connectivity index (χ2v) is 4.87. The minimum absolute atomic E-state index is 0.477. The molecular formula is C16H21N3. The molecule has 19 heavy (non-hydrogen) atoms. The number of nitrogens with zero attached hydrogens (tertiary/aromatic N) is 1. The standard InChI is InChI=1S/C16H21N3/c1-12(2)19-11-13-6-4-5-7-15(13)16-10-14(17-3)8-9-18-16/h4-10,12,19H,11H2,1-3H3,(H,17,18). The van der Waals surface area contributed by atoms with Gasteiger partial charge >= 0.3 is 0 Å². The normalized spacial score (nSPS) is 10.7. The van der Waals surface area contributed by atoms with Crippen LogP contribution in [0.1, 0.15) is 19.4 Å². The van der Waals surface area contributed by atoms with Crippen LogP contribution in [0.5, 0.6) is 0 Å². The highest BCUT2D eigenvalue weighted by Gasteiger charge is 2.06. The van der Waals surface area contributed by atoms with Gasteiger partial charge < -0.3 is 10.6 Å². The van der Waals surface area contributed by atoms with Gasteiger partial charge in [0.25, 0.3) is 0 Å². The number of aromatic nitrogens is 1. The predicted octanol–water partition coefficient (Wildman–Crippen LogP) is 3.29. The van der Waals surface area contributed by atoms with E-state index in [2.05, 4.69) is 59.8 Å². The number of nitrogens with one attached hydrogen (secondary N) is 2. The van der Waals surface area contributed by atoms with Crippen LogP contribution in [0, 0.1) is 0 Å². The zero-order chi connectivity index (χ0) is 13.7. The van der Waals surface area contributed by atoms with Crippen LogP contribution in [-0.2, 0) is 6.54 Å². The predicted molar refractivity (Wildman–Crippen MR) is 81.2 cm³/mol. The molecule has 1 heterocycles. The van der Waals surface area contributed by atoms with Gasteiger partial charge in [0.15, 0.2) is 0 Å². The summed E-state index contributed by atoms with van der Waals surface area (Å²) < 4.78 is 0. The molecule has 3 nitrogen and oxygen atoms in total. The summed E-state index contributed by atoms with van der Waals surface area (Å²) in [7, 11) is 1.92. The van der Waals surface area contributed by atoms with Gasteiger partial charge in [-0.25, -0.2) is 0 Å². The van der Waals surface area contributed by atoms with Crippen LogP contribution in [-0.4, -0.2) is 18.1 Å². The first-order chi connectivity index (χ1) is 9.20. The lowest BCUT2D eigenvalue weighted by atomic mass is 10.0. The van der Waals surface area contributed by atoms with Crippen molar-refractivity contribution in [2.45, 2.75) is 26.4 Å². The monoisotopic (exact) mass is 255 g/mol. The van der Waals surface area contributed by atoms with Crippen molar-refractivity contribution in [2.75, 3.05) is 12.4 Å². The first-order valence-electron chi connectivity index (χ1n) is 6.66. The summed E-state index contributed by atoms with van der Waals surface area (Å²) >= 11 is 0. The number of anilines is 1. The van der Waals surface area contributed by atoms with E-state index in [1.54, 1.807) is 0 Å². The van der Waals surface area contributed by atoms with E-state index in [0.717, 1.165) is 17.9 Å². The van der Waals surface area contributed by atoms with E-state index < -0.39 is 0 Å². The van der Waals surface area contributed by atoms with Crippen molar-refractivity contribution in [3.8, 4) is 11.3 Å². The molecule has 0 aliphatic carbocycles. The molecule has 0 saturated carbocycles. The van der Waals surface area contributed by atoms with Gasteiger partial charge in [0.1, 0.15) is 0 Å². The molecule has 2 N–H and O–H groups in total. The zero-order valence-corrected chi connectivity index (χ0v) is 11.8.